The summed E-state index contributed by atoms with van der Waals surface area (Å²) >= 11 is 0. The zero-order valence-corrected chi connectivity index (χ0v) is 18.3. The second-order valence-electron chi connectivity index (χ2n) is 7.59. The molecule has 1 aliphatic heterocycles. The van der Waals surface area contributed by atoms with Gasteiger partial charge in [-0.25, -0.2) is 4.79 Å². The molecule has 7 nitrogen and oxygen atoms in total. The van der Waals surface area contributed by atoms with Crippen LogP contribution in [0.1, 0.15) is 11.1 Å². The quantitative estimate of drug-likeness (QED) is 0.695. The third-order valence-electron chi connectivity index (χ3n) is 5.24. The first-order chi connectivity index (χ1) is 14.5. The molecular formula is C23H31N3O4. The van der Waals surface area contributed by atoms with Crippen molar-refractivity contribution in [2.45, 2.75) is 13.1 Å². The number of carbonyl (C=O) groups excluding carboxylic acids is 1. The molecule has 2 aromatic rings. The molecule has 162 valence electrons. The van der Waals surface area contributed by atoms with Crippen LogP contribution in [0.2, 0.25) is 0 Å². The average molecular weight is 414 g/mol. The first kappa shape index (κ1) is 21.9. The first-order valence-electron chi connectivity index (χ1n) is 10.1. The number of amides is 1. The van der Waals surface area contributed by atoms with Gasteiger partial charge in [-0.05, 0) is 11.6 Å². The van der Waals surface area contributed by atoms with Crippen LogP contribution in [0.3, 0.4) is 0 Å². The van der Waals surface area contributed by atoms with Gasteiger partial charge in [0.2, 0.25) is 5.75 Å². The van der Waals surface area contributed by atoms with Gasteiger partial charge < -0.3 is 19.1 Å². The molecule has 0 N–H and O–H groups in total. The number of rotatable bonds is 7. The van der Waals surface area contributed by atoms with E-state index in [1.807, 2.05) is 18.2 Å². The lowest BCUT2D eigenvalue weighted by Gasteiger charge is -2.35. The molecule has 3 rings (SSSR count). The number of carbonyl (C=O) groups is 1. The van der Waals surface area contributed by atoms with E-state index in [1.54, 1.807) is 28.3 Å². The maximum Gasteiger partial charge on any atom is 0.414 e. The lowest BCUT2D eigenvalue weighted by molar-refractivity contribution is 0.120. The highest BCUT2D eigenvalue weighted by atomic mass is 16.6. The summed E-state index contributed by atoms with van der Waals surface area (Å²) in [4.78, 5) is 18.5. The summed E-state index contributed by atoms with van der Waals surface area (Å²) in [6, 6.07) is 14.3. The minimum Gasteiger partial charge on any atom is -0.493 e. The zero-order chi connectivity index (χ0) is 21.5. The van der Waals surface area contributed by atoms with Crippen LogP contribution in [-0.2, 0) is 13.1 Å². The van der Waals surface area contributed by atoms with E-state index < -0.39 is 6.09 Å². The number of methoxy groups -OCH3 is 2. The van der Waals surface area contributed by atoms with Gasteiger partial charge in [0.05, 0.1) is 14.2 Å². The molecule has 0 aliphatic carbocycles. The molecule has 1 saturated heterocycles. The molecule has 7 heteroatoms. The van der Waals surface area contributed by atoms with E-state index in [-0.39, 0.29) is 0 Å². The van der Waals surface area contributed by atoms with Crippen LogP contribution >= 0.6 is 0 Å². The molecule has 1 heterocycles. The van der Waals surface area contributed by atoms with Crippen LogP contribution in [0.5, 0.6) is 17.2 Å². The van der Waals surface area contributed by atoms with Gasteiger partial charge in [-0.1, -0.05) is 36.4 Å². The summed E-state index contributed by atoms with van der Waals surface area (Å²) in [5.74, 6) is 1.39. The second-order valence-corrected chi connectivity index (χ2v) is 7.59. The van der Waals surface area contributed by atoms with Crippen molar-refractivity contribution in [3.63, 3.8) is 0 Å². The van der Waals surface area contributed by atoms with Crippen molar-refractivity contribution in [3.05, 3.63) is 53.6 Å². The number of hydrogen-bond donors (Lipinski definition) is 0. The van der Waals surface area contributed by atoms with Gasteiger partial charge >= 0.3 is 6.09 Å². The monoisotopic (exact) mass is 413 g/mol. The highest BCUT2D eigenvalue weighted by molar-refractivity contribution is 5.73. The lowest BCUT2D eigenvalue weighted by atomic mass is 10.1. The van der Waals surface area contributed by atoms with Crippen LogP contribution in [0.25, 0.3) is 0 Å². The smallest absolute Gasteiger partial charge is 0.414 e. The van der Waals surface area contributed by atoms with E-state index in [0.717, 1.165) is 38.3 Å². The topological polar surface area (TPSA) is 54.5 Å². The van der Waals surface area contributed by atoms with E-state index in [4.69, 9.17) is 14.2 Å². The van der Waals surface area contributed by atoms with Gasteiger partial charge in [0.15, 0.2) is 11.5 Å². The number of nitrogens with zero attached hydrogens (tertiary/aromatic N) is 3. The van der Waals surface area contributed by atoms with Crippen LogP contribution in [-0.4, -0.2) is 75.3 Å². The Bertz CT molecular complexity index is 834. The Balaban J connectivity index is 1.69. The Hall–Kier alpha value is -2.77. The predicted octanol–water partition coefficient (Wildman–Crippen LogP) is 3.08. The third-order valence-corrected chi connectivity index (χ3v) is 5.24. The molecule has 30 heavy (non-hydrogen) atoms. The van der Waals surface area contributed by atoms with Crippen LogP contribution in [0.4, 0.5) is 4.79 Å². The number of benzene rings is 2. The van der Waals surface area contributed by atoms with Gasteiger partial charge in [0, 0.05) is 58.9 Å². The summed E-state index contributed by atoms with van der Waals surface area (Å²) in [6.45, 7) is 5.53. The predicted molar refractivity (Wildman–Crippen MR) is 116 cm³/mol. The molecular weight excluding hydrogens is 382 g/mol. The van der Waals surface area contributed by atoms with Crippen molar-refractivity contribution in [3.8, 4) is 17.2 Å². The van der Waals surface area contributed by atoms with Crippen LogP contribution in [0.15, 0.2) is 42.5 Å². The number of hydrogen-bond acceptors (Lipinski definition) is 6. The van der Waals surface area contributed by atoms with Crippen LogP contribution in [0, 0.1) is 0 Å². The maximum atomic E-state index is 12.2. The summed E-state index contributed by atoms with van der Waals surface area (Å²) in [6.07, 6.45) is -0.449. The lowest BCUT2D eigenvalue weighted by Crippen LogP contribution is -2.45. The molecule has 0 bridgehead atoms. The van der Waals surface area contributed by atoms with E-state index in [9.17, 15) is 4.79 Å². The normalized spacial score (nSPS) is 14.9. The van der Waals surface area contributed by atoms with E-state index in [1.165, 1.54) is 10.5 Å². The number of ether oxygens (including phenoxy) is 3. The minimum absolute atomic E-state index is 0.419. The molecule has 0 aromatic heterocycles. The first-order valence-corrected chi connectivity index (χ1v) is 10.1. The van der Waals surface area contributed by atoms with E-state index in [2.05, 4.69) is 34.1 Å². The van der Waals surface area contributed by atoms with Gasteiger partial charge in [0.1, 0.15) is 0 Å². The maximum absolute atomic E-state index is 12.2. The van der Waals surface area contributed by atoms with Gasteiger partial charge in [0.25, 0.3) is 0 Å². The second kappa shape index (κ2) is 10.3. The molecule has 1 fully saturated rings. The van der Waals surface area contributed by atoms with Crippen molar-refractivity contribution < 1.29 is 19.0 Å². The van der Waals surface area contributed by atoms with Crippen molar-refractivity contribution >= 4 is 6.09 Å². The molecule has 0 spiro atoms. The molecule has 1 aliphatic rings. The zero-order valence-electron chi connectivity index (χ0n) is 18.3. The van der Waals surface area contributed by atoms with Gasteiger partial charge in [-0.15, -0.1) is 0 Å². The fourth-order valence-corrected chi connectivity index (χ4v) is 3.54. The fourth-order valence-electron chi connectivity index (χ4n) is 3.54. The molecule has 0 saturated carbocycles. The molecule has 2 aromatic carbocycles. The van der Waals surface area contributed by atoms with E-state index >= 15 is 0 Å². The Morgan fingerprint density at radius 3 is 2.07 bits per heavy atom. The Kier molecular flexibility index (Phi) is 7.54. The minimum atomic E-state index is -0.449. The Labute approximate surface area is 178 Å². The number of piperazine rings is 1. The Morgan fingerprint density at radius 1 is 0.867 bits per heavy atom. The summed E-state index contributed by atoms with van der Waals surface area (Å²) < 4.78 is 16.6. The highest BCUT2D eigenvalue weighted by Crippen LogP contribution is 2.40. The molecule has 0 atom stereocenters. The van der Waals surface area contributed by atoms with Gasteiger partial charge in [-0.3, -0.25) is 9.80 Å². The molecule has 0 unspecified atom stereocenters. The van der Waals surface area contributed by atoms with Crippen molar-refractivity contribution in [2.75, 3.05) is 54.5 Å². The SMILES string of the molecule is COc1ccc(CN2CCN(Cc3ccccc3)CC2)c(OC(=O)N(C)C)c1OC. The summed E-state index contributed by atoms with van der Waals surface area (Å²) in [5, 5.41) is 0. The van der Waals surface area contributed by atoms with Gasteiger partial charge in [-0.2, -0.15) is 0 Å². The molecule has 0 radical (unpaired) electrons. The summed E-state index contributed by atoms with van der Waals surface area (Å²) in [7, 11) is 6.43. The van der Waals surface area contributed by atoms with Crippen molar-refractivity contribution in [1.29, 1.82) is 0 Å². The Morgan fingerprint density at radius 2 is 1.50 bits per heavy atom. The fraction of sp³-hybridized carbons (Fsp3) is 0.435. The third kappa shape index (κ3) is 5.43. The largest absolute Gasteiger partial charge is 0.493 e. The standard InChI is InChI=1S/C23H31N3O4/c1-24(2)23(27)30-21-19(10-11-20(28-3)22(21)29-4)17-26-14-12-25(13-15-26)16-18-8-6-5-7-9-18/h5-11H,12-17H2,1-4H3. The highest BCUT2D eigenvalue weighted by Gasteiger charge is 2.23. The molecule has 1 amide bonds. The summed E-state index contributed by atoms with van der Waals surface area (Å²) in [5.41, 5.74) is 2.24. The average Bonchev–Trinajstić information content (AvgIpc) is 2.76. The van der Waals surface area contributed by atoms with Crippen LogP contribution < -0.4 is 14.2 Å². The van der Waals surface area contributed by atoms with Crippen molar-refractivity contribution in [1.82, 2.24) is 14.7 Å². The van der Waals surface area contributed by atoms with E-state index in [0.29, 0.717) is 23.8 Å². The van der Waals surface area contributed by atoms with Crippen molar-refractivity contribution in [2.24, 2.45) is 0 Å².